The van der Waals surface area contributed by atoms with Gasteiger partial charge in [0.05, 0.1) is 41.5 Å². The highest BCUT2D eigenvalue weighted by molar-refractivity contribution is 6.32. The van der Waals surface area contributed by atoms with Crippen LogP contribution in [0.25, 0.3) is 16.7 Å². The molecule has 25 heavy (non-hydrogen) atoms. The van der Waals surface area contributed by atoms with Gasteiger partial charge in [-0.25, -0.2) is 4.79 Å². The molecule has 1 N–H and O–H groups in total. The first-order valence-corrected chi connectivity index (χ1v) is 7.38. The van der Waals surface area contributed by atoms with Crippen molar-refractivity contribution in [1.82, 2.24) is 9.55 Å². The van der Waals surface area contributed by atoms with Crippen LogP contribution in [0.1, 0.15) is 5.56 Å². The van der Waals surface area contributed by atoms with E-state index in [4.69, 9.17) is 21.1 Å². The molecule has 5 nitrogen and oxygen atoms in total. The number of hydrogen-bond donors (Lipinski definition) is 1. The van der Waals surface area contributed by atoms with Crippen molar-refractivity contribution >= 4 is 22.6 Å². The molecule has 0 saturated heterocycles. The summed E-state index contributed by atoms with van der Waals surface area (Å²) in [6, 6.07) is 5.95. The largest absolute Gasteiger partial charge is 0.495 e. The fraction of sp³-hybridized carbons (Fsp3) is 0.188. The van der Waals surface area contributed by atoms with Gasteiger partial charge >= 0.3 is 11.9 Å². The molecule has 0 aliphatic heterocycles. The van der Waals surface area contributed by atoms with Gasteiger partial charge in [-0.15, -0.1) is 0 Å². The Morgan fingerprint density at radius 3 is 2.36 bits per heavy atom. The van der Waals surface area contributed by atoms with Crippen molar-refractivity contribution in [2.45, 2.75) is 6.18 Å². The molecule has 0 amide bonds. The van der Waals surface area contributed by atoms with Crippen LogP contribution in [0.2, 0.25) is 5.02 Å². The summed E-state index contributed by atoms with van der Waals surface area (Å²) in [6.45, 7) is 0. The number of hydrogen-bond acceptors (Lipinski definition) is 3. The summed E-state index contributed by atoms with van der Waals surface area (Å²) in [5.74, 6) is 0.624. The van der Waals surface area contributed by atoms with Gasteiger partial charge in [-0.1, -0.05) is 11.6 Å². The Kier molecular flexibility index (Phi) is 4.16. The minimum Gasteiger partial charge on any atom is -0.495 e. The molecule has 0 fully saturated rings. The molecule has 0 saturated carbocycles. The Morgan fingerprint density at radius 2 is 1.76 bits per heavy atom. The van der Waals surface area contributed by atoms with Gasteiger partial charge in [-0.3, -0.25) is 4.57 Å². The average Bonchev–Trinajstić information content (AvgIpc) is 2.88. The average molecular weight is 373 g/mol. The fourth-order valence-corrected chi connectivity index (χ4v) is 2.78. The highest BCUT2D eigenvalue weighted by Crippen LogP contribution is 2.36. The predicted molar refractivity (Wildman–Crippen MR) is 87.0 cm³/mol. The van der Waals surface area contributed by atoms with Crippen molar-refractivity contribution < 1.29 is 22.6 Å². The third-order valence-corrected chi connectivity index (χ3v) is 4.00. The quantitative estimate of drug-likeness (QED) is 0.755. The molecule has 1 aromatic heterocycles. The lowest BCUT2D eigenvalue weighted by molar-refractivity contribution is -0.137. The zero-order valence-electron chi connectivity index (χ0n) is 13.1. The van der Waals surface area contributed by atoms with Gasteiger partial charge in [-0.2, -0.15) is 13.2 Å². The molecule has 1 heterocycles. The second-order valence-corrected chi connectivity index (χ2v) is 5.56. The van der Waals surface area contributed by atoms with Crippen LogP contribution in [-0.2, 0) is 6.18 Å². The van der Waals surface area contributed by atoms with Crippen LogP contribution in [0.4, 0.5) is 13.2 Å². The van der Waals surface area contributed by atoms with E-state index >= 15 is 0 Å². The fourth-order valence-electron chi connectivity index (χ4n) is 2.55. The number of nitrogens with one attached hydrogen (secondary N) is 1. The molecule has 3 rings (SSSR count). The molecule has 0 unspecified atom stereocenters. The summed E-state index contributed by atoms with van der Waals surface area (Å²) in [4.78, 5) is 14.7. The first-order chi connectivity index (χ1) is 11.8. The number of methoxy groups -OCH3 is 2. The molecular weight excluding hydrogens is 361 g/mol. The van der Waals surface area contributed by atoms with E-state index in [0.29, 0.717) is 5.75 Å². The molecule has 0 bridgehead atoms. The van der Waals surface area contributed by atoms with E-state index in [9.17, 15) is 18.0 Å². The monoisotopic (exact) mass is 372 g/mol. The second kappa shape index (κ2) is 6.03. The smallest absolute Gasteiger partial charge is 0.416 e. The number of nitrogens with zero attached hydrogens (tertiary/aromatic N) is 1. The van der Waals surface area contributed by atoms with Crippen LogP contribution in [0.3, 0.4) is 0 Å². The summed E-state index contributed by atoms with van der Waals surface area (Å²) in [6.07, 6.45) is -4.51. The van der Waals surface area contributed by atoms with Crippen LogP contribution in [0, 0.1) is 0 Å². The Bertz CT molecular complexity index is 1010. The Labute approximate surface area is 144 Å². The molecule has 3 aromatic rings. The van der Waals surface area contributed by atoms with Gasteiger partial charge in [0.15, 0.2) is 0 Å². The highest BCUT2D eigenvalue weighted by atomic mass is 35.5. The van der Waals surface area contributed by atoms with Crippen molar-refractivity contribution in [2.75, 3.05) is 14.2 Å². The Hall–Kier alpha value is -2.61. The first-order valence-electron chi connectivity index (χ1n) is 7.00. The molecule has 0 aliphatic rings. The van der Waals surface area contributed by atoms with Gasteiger partial charge in [-0.05, 0) is 24.3 Å². The van der Waals surface area contributed by atoms with Gasteiger partial charge < -0.3 is 14.5 Å². The van der Waals surface area contributed by atoms with Crippen LogP contribution >= 0.6 is 11.6 Å². The van der Waals surface area contributed by atoms with E-state index in [1.165, 1.54) is 37.0 Å². The molecule has 9 heteroatoms. The zero-order valence-corrected chi connectivity index (χ0v) is 13.8. The van der Waals surface area contributed by atoms with E-state index in [1.54, 1.807) is 0 Å². The SMILES string of the molecule is COc1cc(OC)c(-n2c(=O)[nH]c3cc(C(F)(F)F)ccc32)cc1Cl. The van der Waals surface area contributed by atoms with Crippen molar-refractivity contribution in [3.05, 3.63) is 51.4 Å². The minimum absolute atomic E-state index is 0.0498. The number of imidazole rings is 1. The summed E-state index contributed by atoms with van der Waals surface area (Å²) in [5.41, 5.74) is -0.877. The number of rotatable bonds is 3. The molecule has 2 aromatic carbocycles. The van der Waals surface area contributed by atoms with Gasteiger partial charge in [0.2, 0.25) is 0 Å². The lowest BCUT2D eigenvalue weighted by atomic mass is 10.2. The standard InChI is InChI=1S/C16H12ClF3N2O3/c1-24-13-7-14(25-2)12(6-9(13)17)22-11-4-3-8(16(18,19)20)5-10(11)21-15(22)23/h3-7H,1-2H3,(H,21,23). The third-order valence-electron chi connectivity index (χ3n) is 3.70. The van der Waals surface area contributed by atoms with E-state index in [0.717, 1.165) is 12.1 Å². The number of halogens is 4. The van der Waals surface area contributed by atoms with E-state index in [-0.39, 0.29) is 27.5 Å². The summed E-state index contributed by atoms with van der Waals surface area (Å²) < 4.78 is 50.1. The van der Waals surface area contributed by atoms with Crippen LogP contribution in [0.15, 0.2) is 35.1 Å². The van der Waals surface area contributed by atoms with Crippen molar-refractivity contribution in [1.29, 1.82) is 0 Å². The number of benzene rings is 2. The number of aromatic amines is 1. The van der Waals surface area contributed by atoms with E-state index in [1.807, 2.05) is 0 Å². The van der Waals surface area contributed by atoms with Crippen molar-refractivity contribution in [3.63, 3.8) is 0 Å². The number of alkyl halides is 3. The van der Waals surface area contributed by atoms with E-state index in [2.05, 4.69) is 4.98 Å². The van der Waals surface area contributed by atoms with Crippen LogP contribution < -0.4 is 15.2 Å². The van der Waals surface area contributed by atoms with Crippen LogP contribution in [-0.4, -0.2) is 23.8 Å². The molecule has 0 aliphatic carbocycles. The third kappa shape index (κ3) is 2.93. The lowest BCUT2D eigenvalue weighted by Crippen LogP contribution is -2.15. The lowest BCUT2D eigenvalue weighted by Gasteiger charge is -2.13. The summed E-state index contributed by atoms with van der Waals surface area (Å²) in [7, 11) is 2.82. The second-order valence-electron chi connectivity index (χ2n) is 5.15. The number of ether oxygens (including phenoxy) is 2. The maximum atomic E-state index is 12.9. The van der Waals surface area contributed by atoms with Gasteiger partial charge in [0, 0.05) is 6.07 Å². The molecule has 0 radical (unpaired) electrons. The topological polar surface area (TPSA) is 56.2 Å². The van der Waals surface area contributed by atoms with Gasteiger partial charge in [0.1, 0.15) is 11.5 Å². The van der Waals surface area contributed by atoms with Crippen molar-refractivity contribution in [3.8, 4) is 17.2 Å². The summed E-state index contributed by atoms with van der Waals surface area (Å²) in [5, 5.41) is 0.228. The normalized spacial score (nSPS) is 11.8. The molecule has 0 atom stereocenters. The molecule has 0 spiro atoms. The highest BCUT2D eigenvalue weighted by Gasteiger charge is 2.31. The van der Waals surface area contributed by atoms with Gasteiger partial charge in [0.25, 0.3) is 0 Å². The first kappa shape index (κ1) is 17.2. The minimum atomic E-state index is -4.51. The molecular formula is C16H12ClF3N2O3. The Morgan fingerprint density at radius 1 is 1.08 bits per heavy atom. The van der Waals surface area contributed by atoms with Crippen LogP contribution in [0.5, 0.6) is 11.5 Å². The Balaban J connectivity index is 2.28. The maximum absolute atomic E-state index is 12.9. The number of H-pyrrole nitrogens is 1. The predicted octanol–water partition coefficient (Wildman–Crippen LogP) is 4.01. The number of fused-ring (bicyclic) bond motifs is 1. The van der Waals surface area contributed by atoms with E-state index < -0.39 is 17.4 Å². The van der Waals surface area contributed by atoms with Crippen molar-refractivity contribution in [2.24, 2.45) is 0 Å². The molecule has 132 valence electrons. The maximum Gasteiger partial charge on any atom is 0.416 e. The summed E-state index contributed by atoms with van der Waals surface area (Å²) >= 11 is 6.11. The number of aromatic nitrogens is 2. The zero-order chi connectivity index (χ0) is 18.4.